The number of fused-ring (bicyclic) bond motifs is 1. The minimum atomic E-state index is 0.137. The Hall–Kier alpha value is -1.99. The van der Waals surface area contributed by atoms with Gasteiger partial charge in [0.25, 0.3) is 0 Å². The summed E-state index contributed by atoms with van der Waals surface area (Å²) in [7, 11) is 1.62. The van der Waals surface area contributed by atoms with Gasteiger partial charge in [-0.3, -0.25) is 0 Å². The van der Waals surface area contributed by atoms with E-state index in [4.69, 9.17) is 22.1 Å². The molecular weight excluding hydrogens is 298 g/mol. The summed E-state index contributed by atoms with van der Waals surface area (Å²) in [5.41, 5.74) is 7.30. The van der Waals surface area contributed by atoms with E-state index >= 15 is 0 Å². The summed E-state index contributed by atoms with van der Waals surface area (Å²) < 4.78 is 5.17. The van der Waals surface area contributed by atoms with E-state index in [1.54, 1.807) is 13.2 Å². The predicted octanol–water partition coefficient (Wildman–Crippen LogP) is 2.75. The maximum atomic E-state index is 5.84. The Kier molecular flexibility index (Phi) is 3.37. The normalized spacial score (nSPS) is 10.9. The van der Waals surface area contributed by atoms with Gasteiger partial charge in [-0.2, -0.15) is 0 Å². The maximum Gasteiger partial charge on any atom is 0.222 e. The van der Waals surface area contributed by atoms with Crippen LogP contribution in [0, 0.1) is 0 Å². The number of imidazole rings is 1. The van der Waals surface area contributed by atoms with Crippen LogP contribution < -0.4 is 10.5 Å². The SMILES string of the molecule is COc1ccc2nc(Sc3cc(Cl)nc(N)n3)[nH]c2c1. The van der Waals surface area contributed by atoms with Crippen LogP contribution in [0.5, 0.6) is 5.75 Å². The summed E-state index contributed by atoms with van der Waals surface area (Å²) in [6.07, 6.45) is 0. The molecule has 0 fully saturated rings. The molecule has 3 N–H and O–H groups in total. The summed E-state index contributed by atoms with van der Waals surface area (Å²) in [5, 5.41) is 1.63. The van der Waals surface area contributed by atoms with Gasteiger partial charge in [0.15, 0.2) is 5.16 Å². The van der Waals surface area contributed by atoms with Crippen LogP contribution in [0.15, 0.2) is 34.4 Å². The molecule has 0 aliphatic heterocycles. The molecule has 6 nitrogen and oxygen atoms in total. The van der Waals surface area contributed by atoms with Crippen LogP contribution in [0.25, 0.3) is 11.0 Å². The van der Waals surface area contributed by atoms with E-state index in [2.05, 4.69) is 19.9 Å². The summed E-state index contributed by atoms with van der Waals surface area (Å²) in [6, 6.07) is 7.26. The molecule has 0 saturated heterocycles. The molecule has 0 unspecified atom stereocenters. The molecule has 2 heterocycles. The molecule has 0 amide bonds. The molecule has 0 aliphatic carbocycles. The maximum absolute atomic E-state index is 5.84. The molecule has 0 bridgehead atoms. The number of nitrogens with two attached hydrogens (primary N) is 1. The molecule has 2 aromatic heterocycles. The molecule has 8 heteroatoms. The fourth-order valence-electron chi connectivity index (χ4n) is 1.71. The smallest absolute Gasteiger partial charge is 0.222 e. The minimum Gasteiger partial charge on any atom is -0.497 e. The number of rotatable bonds is 3. The summed E-state index contributed by atoms with van der Waals surface area (Å²) in [6.45, 7) is 0. The van der Waals surface area contributed by atoms with Crippen LogP contribution in [0.4, 0.5) is 5.95 Å². The van der Waals surface area contributed by atoms with Crippen LogP contribution in [-0.4, -0.2) is 27.0 Å². The third-order valence-corrected chi connectivity index (χ3v) is 3.56. The third kappa shape index (κ3) is 2.63. The van der Waals surface area contributed by atoms with Gasteiger partial charge in [0.2, 0.25) is 5.95 Å². The number of aromatic nitrogens is 4. The summed E-state index contributed by atoms with van der Waals surface area (Å²) in [5.74, 6) is 0.907. The first-order chi connectivity index (χ1) is 9.64. The van der Waals surface area contributed by atoms with Crippen molar-refractivity contribution in [2.45, 2.75) is 10.2 Å². The van der Waals surface area contributed by atoms with E-state index in [0.717, 1.165) is 16.8 Å². The fraction of sp³-hybridized carbons (Fsp3) is 0.0833. The van der Waals surface area contributed by atoms with Crippen molar-refractivity contribution in [1.82, 2.24) is 19.9 Å². The summed E-state index contributed by atoms with van der Waals surface area (Å²) >= 11 is 7.18. The first-order valence-electron chi connectivity index (χ1n) is 5.66. The monoisotopic (exact) mass is 307 g/mol. The number of H-pyrrole nitrogens is 1. The molecule has 0 saturated carbocycles. The number of nitrogens with one attached hydrogen (secondary N) is 1. The van der Waals surface area contributed by atoms with Gasteiger partial charge in [-0.15, -0.1) is 0 Å². The van der Waals surface area contributed by atoms with E-state index in [0.29, 0.717) is 15.3 Å². The number of nitrogens with zero attached hydrogens (tertiary/aromatic N) is 3. The molecule has 0 aliphatic rings. The largest absolute Gasteiger partial charge is 0.497 e. The molecule has 0 atom stereocenters. The number of benzene rings is 1. The first kappa shape index (κ1) is 13.0. The van der Waals surface area contributed by atoms with Crippen molar-refractivity contribution in [3.63, 3.8) is 0 Å². The van der Waals surface area contributed by atoms with Crippen LogP contribution >= 0.6 is 23.4 Å². The van der Waals surface area contributed by atoms with E-state index in [-0.39, 0.29) is 5.95 Å². The lowest BCUT2D eigenvalue weighted by molar-refractivity contribution is 0.415. The van der Waals surface area contributed by atoms with Gasteiger partial charge in [-0.25, -0.2) is 15.0 Å². The lowest BCUT2D eigenvalue weighted by Gasteiger charge is -1.99. The molecule has 20 heavy (non-hydrogen) atoms. The zero-order valence-corrected chi connectivity index (χ0v) is 12.0. The Labute approximate surface area is 123 Å². The number of methoxy groups -OCH3 is 1. The van der Waals surface area contributed by atoms with Gasteiger partial charge in [0, 0.05) is 12.1 Å². The van der Waals surface area contributed by atoms with Gasteiger partial charge >= 0.3 is 0 Å². The zero-order valence-electron chi connectivity index (χ0n) is 10.4. The average Bonchev–Trinajstić information content (AvgIpc) is 2.78. The minimum absolute atomic E-state index is 0.137. The second-order valence-corrected chi connectivity index (χ2v) is 5.31. The van der Waals surface area contributed by atoms with Crippen molar-refractivity contribution >= 4 is 40.3 Å². The van der Waals surface area contributed by atoms with Crippen molar-refractivity contribution < 1.29 is 4.74 Å². The second kappa shape index (κ2) is 5.18. The number of nitrogen functional groups attached to an aromatic ring is 1. The number of anilines is 1. The zero-order chi connectivity index (χ0) is 14.1. The Morgan fingerprint density at radius 1 is 1.25 bits per heavy atom. The molecular formula is C12H10ClN5OS. The number of aromatic amines is 1. The van der Waals surface area contributed by atoms with E-state index in [1.807, 2.05) is 18.2 Å². The number of halogens is 1. The number of hydrogen-bond donors (Lipinski definition) is 2. The third-order valence-electron chi connectivity index (χ3n) is 2.56. The fourth-order valence-corrected chi connectivity index (χ4v) is 2.77. The Morgan fingerprint density at radius 3 is 2.85 bits per heavy atom. The van der Waals surface area contributed by atoms with E-state index < -0.39 is 0 Å². The highest BCUT2D eigenvalue weighted by Gasteiger charge is 2.08. The molecule has 3 rings (SSSR count). The van der Waals surface area contributed by atoms with Crippen LogP contribution in [-0.2, 0) is 0 Å². The molecule has 3 aromatic rings. The van der Waals surface area contributed by atoms with Gasteiger partial charge < -0.3 is 15.5 Å². The highest BCUT2D eigenvalue weighted by molar-refractivity contribution is 7.99. The molecule has 102 valence electrons. The second-order valence-electron chi connectivity index (χ2n) is 3.91. The standard InChI is InChI=1S/C12H10ClN5OS/c1-19-6-2-3-7-8(4-6)16-12(15-7)20-10-5-9(13)17-11(14)18-10/h2-5H,1H3,(H,15,16)(H2,14,17,18). The molecule has 1 aromatic carbocycles. The molecule has 0 radical (unpaired) electrons. The quantitative estimate of drug-likeness (QED) is 0.723. The van der Waals surface area contributed by atoms with Crippen molar-refractivity contribution in [3.05, 3.63) is 29.4 Å². The van der Waals surface area contributed by atoms with E-state index in [9.17, 15) is 0 Å². The highest BCUT2D eigenvalue weighted by Crippen LogP contribution is 2.28. The van der Waals surface area contributed by atoms with Crippen molar-refractivity contribution in [3.8, 4) is 5.75 Å². The number of ether oxygens (including phenoxy) is 1. The summed E-state index contributed by atoms with van der Waals surface area (Å²) in [4.78, 5) is 15.5. The topological polar surface area (TPSA) is 89.7 Å². The van der Waals surface area contributed by atoms with Gasteiger partial charge in [0.05, 0.1) is 18.1 Å². The van der Waals surface area contributed by atoms with Crippen LogP contribution in [0.2, 0.25) is 5.15 Å². The van der Waals surface area contributed by atoms with Gasteiger partial charge in [-0.05, 0) is 23.9 Å². The van der Waals surface area contributed by atoms with Crippen LogP contribution in [0.3, 0.4) is 0 Å². The van der Waals surface area contributed by atoms with Gasteiger partial charge in [-0.1, -0.05) is 11.6 Å². The predicted molar refractivity (Wildman–Crippen MR) is 78.2 cm³/mol. The lowest BCUT2D eigenvalue weighted by atomic mass is 10.3. The first-order valence-corrected chi connectivity index (χ1v) is 6.85. The molecule has 0 spiro atoms. The average molecular weight is 308 g/mol. The van der Waals surface area contributed by atoms with Crippen molar-refractivity contribution in [2.24, 2.45) is 0 Å². The Bertz CT molecular complexity index is 755. The van der Waals surface area contributed by atoms with E-state index in [1.165, 1.54) is 11.8 Å². The van der Waals surface area contributed by atoms with Crippen molar-refractivity contribution in [1.29, 1.82) is 0 Å². The Balaban J connectivity index is 1.94. The Morgan fingerprint density at radius 2 is 2.10 bits per heavy atom. The lowest BCUT2D eigenvalue weighted by Crippen LogP contribution is -1.95. The van der Waals surface area contributed by atoms with Crippen LogP contribution in [0.1, 0.15) is 0 Å². The number of hydrogen-bond acceptors (Lipinski definition) is 6. The highest BCUT2D eigenvalue weighted by atomic mass is 35.5. The van der Waals surface area contributed by atoms with Crippen molar-refractivity contribution in [2.75, 3.05) is 12.8 Å². The van der Waals surface area contributed by atoms with Gasteiger partial charge in [0.1, 0.15) is 15.9 Å².